The van der Waals surface area contributed by atoms with Gasteiger partial charge in [-0.2, -0.15) is 0 Å². The van der Waals surface area contributed by atoms with Crippen molar-refractivity contribution < 1.29 is 4.79 Å². The number of nitrogens with one attached hydrogen (secondary N) is 2. The largest absolute Gasteiger partial charge is 0.332 e. The number of rotatable bonds is 6. The lowest BCUT2D eigenvalue weighted by molar-refractivity contribution is 0.229. The Balaban J connectivity index is 1.60. The molecule has 2 amide bonds. The van der Waals surface area contributed by atoms with Crippen molar-refractivity contribution in [1.29, 1.82) is 0 Å². The third kappa shape index (κ3) is 4.84. The average Bonchev–Trinajstić information content (AvgIpc) is 3.16. The molecular weight excluding hydrogens is 368 g/mol. The van der Waals surface area contributed by atoms with Crippen molar-refractivity contribution in [3.8, 4) is 11.3 Å². The van der Waals surface area contributed by atoms with E-state index in [0.717, 1.165) is 33.0 Å². The van der Waals surface area contributed by atoms with E-state index in [1.54, 1.807) is 12.4 Å². The maximum atomic E-state index is 12.4. The smallest absolute Gasteiger partial charge is 0.315 e. The summed E-state index contributed by atoms with van der Waals surface area (Å²) in [4.78, 5) is 21.0. The number of pyridine rings is 1. The monoisotopic (exact) mass is 392 g/mol. The second kappa shape index (κ2) is 8.35. The van der Waals surface area contributed by atoms with Crippen LogP contribution < -0.4 is 10.6 Å². The third-order valence-corrected chi connectivity index (χ3v) is 5.28. The van der Waals surface area contributed by atoms with E-state index in [0.29, 0.717) is 6.54 Å². The molecule has 0 radical (unpaired) electrons. The van der Waals surface area contributed by atoms with Gasteiger partial charge < -0.3 is 10.6 Å². The normalized spacial score (nSPS) is 11.1. The van der Waals surface area contributed by atoms with E-state index in [9.17, 15) is 4.79 Å². The molecule has 0 saturated carbocycles. The predicted octanol–water partition coefficient (Wildman–Crippen LogP) is 4.97. The summed E-state index contributed by atoms with van der Waals surface area (Å²) in [7, 11) is 0. The predicted molar refractivity (Wildman–Crippen MR) is 115 cm³/mol. The molecule has 0 bridgehead atoms. The summed E-state index contributed by atoms with van der Waals surface area (Å²) in [6.45, 7) is 10.3. The Bertz CT molecular complexity index is 979. The summed E-state index contributed by atoms with van der Waals surface area (Å²) < 4.78 is 0. The van der Waals surface area contributed by atoms with Crippen LogP contribution in [0.1, 0.15) is 36.9 Å². The highest BCUT2D eigenvalue weighted by molar-refractivity contribution is 7.09. The number of amides is 2. The van der Waals surface area contributed by atoms with Crippen molar-refractivity contribution in [3.63, 3.8) is 0 Å². The molecule has 2 heterocycles. The lowest BCUT2D eigenvalue weighted by atomic mass is 9.92. The third-order valence-electron chi connectivity index (χ3n) is 4.43. The minimum atomic E-state index is -0.513. The van der Waals surface area contributed by atoms with Crippen LogP contribution in [0.4, 0.5) is 4.79 Å². The van der Waals surface area contributed by atoms with Gasteiger partial charge in [-0.05, 0) is 50.1 Å². The summed E-state index contributed by atoms with van der Waals surface area (Å²) in [5.74, 6) is 0. The number of allylic oxidation sites excluding steroid dienone is 1. The molecule has 6 heteroatoms. The van der Waals surface area contributed by atoms with E-state index in [-0.39, 0.29) is 6.03 Å². The highest BCUT2D eigenvalue weighted by atomic mass is 32.1. The molecule has 0 atom stereocenters. The van der Waals surface area contributed by atoms with Crippen LogP contribution >= 0.6 is 11.3 Å². The van der Waals surface area contributed by atoms with Crippen molar-refractivity contribution in [2.24, 2.45) is 0 Å². The van der Waals surface area contributed by atoms with Gasteiger partial charge in [-0.3, -0.25) is 4.98 Å². The molecule has 0 aliphatic rings. The molecule has 0 fully saturated rings. The minimum Gasteiger partial charge on any atom is -0.332 e. The lowest BCUT2D eigenvalue weighted by Gasteiger charge is -2.27. The maximum absolute atomic E-state index is 12.4. The van der Waals surface area contributed by atoms with Gasteiger partial charge in [-0.25, -0.2) is 9.78 Å². The number of thiazole rings is 1. The van der Waals surface area contributed by atoms with Crippen LogP contribution in [0.15, 0.2) is 60.8 Å². The maximum Gasteiger partial charge on any atom is 0.315 e. The van der Waals surface area contributed by atoms with Crippen molar-refractivity contribution in [2.75, 3.05) is 0 Å². The number of hydrogen-bond donors (Lipinski definition) is 2. The number of hydrogen-bond acceptors (Lipinski definition) is 4. The second-order valence-electron chi connectivity index (χ2n) is 7.16. The Morgan fingerprint density at radius 3 is 2.68 bits per heavy atom. The number of carbonyl (C=O) groups is 1. The minimum absolute atomic E-state index is 0.230. The number of aromatic nitrogens is 2. The van der Waals surface area contributed by atoms with Crippen LogP contribution in [0.3, 0.4) is 0 Å². The van der Waals surface area contributed by atoms with Gasteiger partial charge in [0.15, 0.2) is 0 Å². The molecule has 5 nitrogen and oxygen atoms in total. The molecule has 0 saturated heterocycles. The van der Waals surface area contributed by atoms with Crippen molar-refractivity contribution >= 4 is 22.9 Å². The molecule has 28 heavy (non-hydrogen) atoms. The molecule has 0 aliphatic carbocycles. The fraction of sp³-hybridized carbons (Fsp3) is 0.227. The van der Waals surface area contributed by atoms with Crippen molar-refractivity contribution in [2.45, 2.75) is 32.9 Å². The van der Waals surface area contributed by atoms with Gasteiger partial charge in [-0.1, -0.05) is 30.4 Å². The zero-order chi connectivity index (χ0) is 20.1. The van der Waals surface area contributed by atoms with E-state index in [4.69, 9.17) is 0 Å². The number of nitrogens with zero attached hydrogens (tertiary/aromatic N) is 2. The van der Waals surface area contributed by atoms with Gasteiger partial charge in [0.2, 0.25) is 0 Å². The van der Waals surface area contributed by atoms with Gasteiger partial charge in [0.1, 0.15) is 5.01 Å². The number of carbonyl (C=O) groups excluding carboxylic acids is 1. The quantitative estimate of drug-likeness (QED) is 0.622. The molecule has 1 aromatic carbocycles. The van der Waals surface area contributed by atoms with E-state index in [1.165, 1.54) is 11.3 Å². The molecule has 3 rings (SSSR count). The molecule has 2 N–H and O–H groups in total. The van der Waals surface area contributed by atoms with Crippen LogP contribution in [0.25, 0.3) is 16.8 Å². The first-order valence-corrected chi connectivity index (χ1v) is 9.90. The Labute approximate surface area is 169 Å². The summed E-state index contributed by atoms with van der Waals surface area (Å²) >= 11 is 1.52. The fourth-order valence-electron chi connectivity index (χ4n) is 2.78. The highest BCUT2D eigenvalue weighted by Gasteiger charge is 2.23. The molecule has 0 aliphatic heterocycles. The first-order chi connectivity index (χ1) is 13.3. The zero-order valence-corrected chi connectivity index (χ0v) is 17.1. The van der Waals surface area contributed by atoms with Crippen molar-refractivity contribution in [3.05, 3.63) is 76.9 Å². The van der Waals surface area contributed by atoms with E-state index < -0.39 is 5.54 Å². The van der Waals surface area contributed by atoms with Crippen LogP contribution in [0, 0.1) is 0 Å². The first-order valence-electron chi connectivity index (χ1n) is 9.02. The van der Waals surface area contributed by atoms with E-state index >= 15 is 0 Å². The summed E-state index contributed by atoms with van der Waals surface area (Å²) in [6.07, 6.45) is 3.48. The Morgan fingerprint density at radius 2 is 1.96 bits per heavy atom. The molecular formula is C22H24N4OS. The SMILES string of the molecule is C=C(C)c1cccc(C(C)(C)NC(=O)NCc2nc(-c3ccncc3)cs2)c1. The fourth-order valence-corrected chi connectivity index (χ4v) is 3.52. The lowest BCUT2D eigenvalue weighted by Crippen LogP contribution is -2.46. The molecule has 2 aromatic heterocycles. The van der Waals surface area contributed by atoms with E-state index in [1.807, 2.05) is 56.5 Å². The van der Waals surface area contributed by atoms with Crippen molar-refractivity contribution in [1.82, 2.24) is 20.6 Å². The second-order valence-corrected chi connectivity index (χ2v) is 8.10. The summed E-state index contributed by atoms with van der Waals surface area (Å²) in [5, 5.41) is 8.77. The van der Waals surface area contributed by atoms with E-state index in [2.05, 4.69) is 33.2 Å². The van der Waals surface area contributed by atoms with Gasteiger partial charge in [0, 0.05) is 23.3 Å². The van der Waals surface area contributed by atoms with Gasteiger partial charge in [-0.15, -0.1) is 11.3 Å². The number of benzene rings is 1. The summed E-state index contributed by atoms with van der Waals surface area (Å²) in [5.41, 5.74) is 4.48. The van der Waals surface area contributed by atoms with Crippen LogP contribution in [0.2, 0.25) is 0 Å². The zero-order valence-electron chi connectivity index (χ0n) is 16.3. The Hall–Kier alpha value is -2.99. The summed E-state index contributed by atoms with van der Waals surface area (Å²) in [6, 6.07) is 11.7. The van der Waals surface area contributed by atoms with Crippen LogP contribution in [0.5, 0.6) is 0 Å². The van der Waals surface area contributed by atoms with Crippen LogP contribution in [-0.2, 0) is 12.1 Å². The highest BCUT2D eigenvalue weighted by Crippen LogP contribution is 2.24. The topological polar surface area (TPSA) is 66.9 Å². The average molecular weight is 393 g/mol. The first kappa shape index (κ1) is 19.8. The number of urea groups is 1. The van der Waals surface area contributed by atoms with Gasteiger partial charge in [0.25, 0.3) is 0 Å². The van der Waals surface area contributed by atoms with Crippen LogP contribution in [-0.4, -0.2) is 16.0 Å². The Kier molecular flexibility index (Phi) is 5.90. The van der Waals surface area contributed by atoms with Gasteiger partial charge >= 0.3 is 6.03 Å². The molecule has 0 unspecified atom stereocenters. The molecule has 0 spiro atoms. The Morgan fingerprint density at radius 1 is 1.21 bits per heavy atom. The standard InChI is InChI=1S/C22H24N4OS/c1-15(2)17-6-5-7-18(12-17)22(3,4)26-21(27)24-13-20-25-19(14-28-20)16-8-10-23-11-9-16/h5-12,14H,1,13H2,2-4H3,(H2,24,26,27). The molecule has 144 valence electrons. The molecule has 3 aromatic rings. The van der Waals surface area contributed by atoms with Gasteiger partial charge in [0.05, 0.1) is 17.8 Å².